The molecule has 2 aromatic heterocycles. The molecular weight excluding hydrogens is 214 g/mol. The van der Waals surface area contributed by atoms with E-state index in [9.17, 15) is 4.79 Å². The van der Waals surface area contributed by atoms with Gasteiger partial charge in [0.2, 0.25) is 11.1 Å². The Hall–Kier alpha value is -2.02. The Morgan fingerprint density at radius 3 is 2.73 bits per heavy atom. The van der Waals surface area contributed by atoms with E-state index in [-0.39, 0.29) is 11.9 Å². The predicted molar refractivity (Wildman–Crippen MR) is 56.5 cm³/mol. The summed E-state index contributed by atoms with van der Waals surface area (Å²) >= 11 is 1.03. The van der Waals surface area contributed by atoms with Crippen molar-refractivity contribution in [2.45, 2.75) is 0 Å². The molecule has 0 aromatic carbocycles. The molecule has 3 N–H and O–H groups in total. The fourth-order valence-corrected chi connectivity index (χ4v) is 1.36. The summed E-state index contributed by atoms with van der Waals surface area (Å²) in [4.78, 5) is 19.2. The zero-order chi connectivity index (χ0) is 10.7. The van der Waals surface area contributed by atoms with Gasteiger partial charge in [-0.05, 0) is 12.1 Å². The van der Waals surface area contributed by atoms with Crippen LogP contribution in [0.2, 0.25) is 0 Å². The number of pyridine rings is 1. The van der Waals surface area contributed by atoms with Gasteiger partial charge in [-0.15, -0.1) is 0 Å². The zero-order valence-corrected chi connectivity index (χ0v) is 8.36. The number of hydrogen-bond donors (Lipinski definition) is 2. The molecule has 0 spiro atoms. The van der Waals surface area contributed by atoms with Crippen LogP contribution in [0.5, 0.6) is 0 Å². The minimum atomic E-state index is -0.282. The second-order valence-corrected chi connectivity index (χ2v) is 3.43. The van der Waals surface area contributed by atoms with Crippen LogP contribution in [-0.2, 0) is 0 Å². The number of carbonyl (C=O) groups is 1. The monoisotopic (exact) mass is 221 g/mol. The van der Waals surface area contributed by atoms with Crippen LogP contribution < -0.4 is 11.1 Å². The number of amides is 1. The number of hydrogen-bond acceptors (Lipinski definition) is 6. The lowest BCUT2D eigenvalue weighted by Crippen LogP contribution is -2.12. The van der Waals surface area contributed by atoms with Crippen LogP contribution in [0, 0.1) is 0 Å². The number of nitrogens with zero attached hydrogens (tertiary/aromatic N) is 3. The molecule has 0 aliphatic heterocycles. The van der Waals surface area contributed by atoms with E-state index in [4.69, 9.17) is 5.73 Å². The van der Waals surface area contributed by atoms with E-state index in [0.717, 1.165) is 11.5 Å². The van der Waals surface area contributed by atoms with Crippen molar-refractivity contribution in [3.8, 4) is 0 Å². The third-order valence-electron chi connectivity index (χ3n) is 1.61. The lowest BCUT2D eigenvalue weighted by molar-refractivity contribution is 0.102. The van der Waals surface area contributed by atoms with Gasteiger partial charge in [-0.25, -0.2) is 0 Å². The minimum Gasteiger partial charge on any atom is -0.374 e. The molecular formula is C8H7N5OS. The minimum absolute atomic E-state index is 0.222. The quantitative estimate of drug-likeness (QED) is 0.781. The third kappa shape index (κ3) is 2.26. The summed E-state index contributed by atoms with van der Waals surface area (Å²) in [6.45, 7) is 0. The van der Waals surface area contributed by atoms with E-state index >= 15 is 0 Å². The lowest BCUT2D eigenvalue weighted by atomic mass is 10.2. The van der Waals surface area contributed by atoms with Crippen LogP contribution in [0.1, 0.15) is 10.4 Å². The van der Waals surface area contributed by atoms with Gasteiger partial charge in [0.05, 0.1) is 0 Å². The largest absolute Gasteiger partial charge is 0.374 e. The van der Waals surface area contributed by atoms with E-state index < -0.39 is 0 Å². The van der Waals surface area contributed by atoms with Crippen molar-refractivity contribution in [1.29, 1.82) is 0 Å². The summed E-state index contributed by atoms with van der Waals surface area (Å²) in [5.41, 5.74) is 5.88. The van der Waals surface area contributed by atoms with Crippen molar-refractivity contribution in [3.63, 3.8) is 0 Å². The highest BCUT2D eigenvalue weighted by molar-refractivity contribution is 7.09. The molecule has 0 radical (unpaired) electrons. The Labute approximate surface area is 89.3 Å². The summed E-state index contributed by atoms with van der Waals surface area (Å²) in [6.07, 6.45) is 3.08. The summed E-state index contributed by atoms with van der Waals surface area (Å²) < 4.78 is 3.84. The first-order chi connectivity index (χ1) is 7.25. The number of carbonyl (C=O) groups excluding carboxylic acids is 1. The number of anilines is 2. The average Bonchev–Trinajstić information content (AvgIpc) is 2.65. The van der Waals surface area contributed by atoms with Crippen LogP contribution in [0.25, 0.3) is 0 Å². The lowest BCUT2D eigenvalue weighted by Gasteiger charge is -1.99. The molecule has 0 saturated carbocycles. The van der Waals surface area contributed by atoms with Crippen LogP contribution in [0.3, 0.4) is 0 Å². The van der Waals surface area contributed by atoms with Gasteiger partial charge in [0.1, 0.15) is 0 Å². The maximum Gasteiger partial charge on any atom is 0.258 e. The van der Waals surface area contributed by atoms with Crippen molar-refractivity contribution in [2.24, 2.45) is 0 Å². The fraction of sp³-hybridized carbons (Fsp3) is 0. The first-order valence-corrected chi connectivity index (χ1v) is 4.83. The Morgan fingerprint density at radius 2 is 2.13 bits per heavy atom. The van der Waals surface area contributed by atoms with Crippen LogP contribution >= 0.6 is 11.5 Å². The zero-order valence-electron chi connectivity index (χ0n) is 7.54. The van der Waals surface area contributed by atoms with Crippen molar-refractivity contribution < 1.29 is 4.79 Å². The van der Waals surface area contributed by atoms with Gasteiger partial charge in [0.25, 0.3) is 5.91 Å². The molecule has 0 atom stereocenters. The van der Waals surface area contributed by atoms with Gasteiger partial charge >= 0.3 is 0 Å². The summed E-state index contributed by atoms with van der Waals surface area (Å²) in [5, 5.41) is 2.84. The number of nitrogens with two attached hydrogens (primary N) is 1. The molecule has 0 aliphatic carbocycles. The highest BCUT2D eigenvalue weighted by Crippen LogP contribution is 2.10. The molecule has 7 heteroatoms. The fourth-order valence-electron chi connectivity index (χ4n) is 0.963. The highest BCUT2D eigenvalue weighted by atomic mass is 32.1. The summed E-state index contributed by atoms with van der Waals surface area (Å²) in [7, 11) is 0. The van der Waals surface area contributed by atoms with Gasteiger partial charge < -0.3 is 5.73 Å². The van der Waals surface area contributed by atoms with Crippen LogP contribution in [-0.4, -0.2) is 20.2 Å². The molecule has 15 heavy (non-hydrogen) atoms. The van der Waals surface area contributed by atoms with Gasteiger partial charge in [0, 0.05) is 29.5 Å². The highest BCUT2D eigenvalue weighted by Gasteiger charge is 2.08. The van der Waals surface area contributed by atoms with Crippen molar-refractivity contribution in [1.82, 2.24) is 14.3 Å². The number of nitrogen functional groups attached to an aromatic ring is 1. The molecule has 2 aromatic rings. The molecule has 0 unspecified atom stereocenters. The molecule has 76 valence electrons. The van der Waals surface area contributed by atoms with E-state index in [0.29, 0.717) is 10.7 Å². The number of nitrogens with one attached hydrogen (secondary N) is 1. The van der Waals surface area contributed by atoms with E-state index in [1.165, 1.54) is 12.4 Å². The molecule has 6 nitrogen and oxygen atoms in total. The van der Waals surface area contributed by atoms with Crippen molar-refractivity contribution in [3.05, 3.63) is 30.1 Å². The Bertz CT molecular complexity index is 469. The maximum atomic E-state index is 11.6. The normalized spacial score (nSPS) is 9.87. The second kappa shape index (κ2) is 4.01. The summed E-state index contributed by atoms with van der Waals surface area (Å²) in [5.74, 6) is -0.0606. The molecule has 1 amide bonds. The molecule has 0 saturated heterocycles. The number of rotatable bonds is 2. The van der Waals surface area contributed by atoms with Gasteiger partial charge in [0.15, 0.2) is 0 Å². The Kier molecular flexibility index (Phi) is 2.55. The van der Waals surface area contributed by atoms with Gasteiger partial charge in [-0.3, -0.25) is 15.1 Å². The Balaban J connectivity index is 2.11. The Morgan fingerprint density at radius 1 is 1.40 bits per heavy atom. The number of aromatic nitrogens is 3. The van der Waals surface area contributed by atoms with Crippen LogP contribution in [0.15, 0.2) is 24.5 Å². The molecule has 0 aliphatic rings. The third-order valence-corrected chi connectivity index (χ3v) is 2.15. The van der Waals surface area contributed by atoms with Crippen molar-refractivity contribution in [2.75, 3.05) is 11.1 Å². The first-order valence-electron chi connectivity index (χ1n) is 4.06. The summed E-state index contributed by atoms with van der Waals surface area (Å²) in [6, 6.07) is 3.20. The molecule has 0 bridgehead atoms. The molecule has 0 fully saturated rings. The van der Waals surface area contributed by atoms with E-state index in [1.807, 2.05) is 0 Å². The standard InChI is InChI=1S/C8H7N5OS/c9-7-12-8(13-15-7)11-6(14)5-1-3-10-4-2-5/h1-4H,(H3,9,11,12,13,14). The predicted octanol–water partition coefficient (Wildman–Crippen LogP) is 0.768. The first kappa shape index (κ1) is 9.53. The van der Waals surface area contributed by atoms with Crippen molar-refractivity contribution >= 4 is 28.5 Å². The SMILES string of the molecule is Nc1nc(NC(=O)c2ccncc2)ns1. The van der Waals surface area contributed by atoms with Gasteiger partial charge in [-0.2, -0.15) is 9.36 Å². The van der Waals surface area contributed by atoms with E-state index in [1.54, 1.807) is 12.1 Å². The second-order valence-electron chi connectivity index (χ2n) is 2.65. The topological polar surface area (TPSA) is 93.8 Å². The van der Waals surface area contributed by atoms with Crippen LogP contribution in [0.4, 0.5) is 11.1 Å². The molecule has 2 heterocycles. The maximum absolute atomic E-state index is 11.6. The smallest absolute Gasteiger partial charge is 0.258 e. The molecule has 2 rings (SSSR count). The van der Waals surface area contributed by atoms with E-state index in [2.05, 4.69) is 19.7 Å². The average molecular weight is 221 g/mol. The van der Waals surface area contributed by atoms with Gasteiger partial charge in [-0.1, -0.05) is 0 Å².